The fourth-order valence-electron chi connectivity index (χ4n) is 1.19. The van der Waals surface area contributed by atoms with Gasteiger partial charge in [0.2, 0.25) is 0 Å². The summed E-state index contributed by atoms with van der Waals surface area (Å²) in [4.78, 5) is 11.7. The molecule has 1 aromatic carbocycles. The van der Waals surface area contributed by atoms with E-state index >= 15 is 0 Å². The van der Waals surface area contributed by atoms with E-state index in [0.717, 1.165) is 0 Å². The summed E-state index contributed by atoms with van der Waals surface area (Å²) < 4.78 is 12.9. The standard InChI is InChI=1S/C11H7ClFN3O/c12-8-6-7(3-4-9(8)13)15-11(17)10-2-1-5-14-16-10/h1-6H,(H,15,17). The molecule has 2 aromatic rings. The number of carbonyl (C=O) groups is 1. The van der Waals surface area contributed by atoms with Crippen LogP contribution in [0.3, 0.4) is 0 Å². The molecule has 86 valence electrons. The number of aromatic nitrogens is 2. The van der Waals surface area contributed by atoms with Crippen LogP contribution >= 0.6 is 11.6 Å². The zero-order valence-corrected chi connectivity index (χ0v) is 9.28. The first kappa shape index (κ1) is 11.5. The summed E-state index contributed by atoms with van der Waals surface area (Å²) >= 11 is 5.59. The van der Waals surface area contributed by atoms with Crippen LogP contribution in [0.2, 0.25) is 5.02 Å². The molecular formula is C11H7ClFN3O. The van der Waals surface area contributed by atoms with E-state index in [1.54, 1.807) is 6.07 Å². The normalized spacial score (nSPS) is 10.0. The molecule has 0 radical (unpaired) electrons. The summed E-state index contributed by atoms with van der Waals surface area (Å²) in [5.74, 6) is -0.968. The van der Waals surface area contributed by atoms with Crippen molar-refractivity contribution in [2.75, 3.05) is 5.32 Å². The van der Waals surface area contributed by atoms with Gasteiger partial charge >= 0.3 is 0 Å². The van der Waals surface area contributed by atoms with Crippen molar-refractivity contribution in [3.63, 3.8) is 0 Å². The summed E-state index contributed by atoms with van der Waals surface area (Å²) in [6.07, 6.45) is 1.46. The third-order valence-corrected chi connectivity index (χ3v) is 2.27. The maximum absolute atomic E-state index is 12.9. The average Bonchev–Trinajstić information content (AvgIpc) is 2.35. The molecule has 4 nitrogen and oxygen atoms in total. The Bertz CT molecular complexity index is 548. The van der Waals surface area contributed by atoms with E-state index in [2.05, 4.69) is 15.5 Å². The quantitative estimate of drug-likeness (QED) is 0.892. The highest BCUT2D eigenvalue weighted by Gasteiger charge is 2.08. The molecule has 0 aliphatic rings. The summed E-state index contributed by atoms with van der Waals surface area (Å²) in [6.45, 7) is 0. The van der Waals surface area contributed by atoms with Gasteiger partial charge in [0, 0.05) is 11.9 Å². The summed E-state index contributed by atoms with van der Waals surface area (Å²) in [5, 5.41) is 9.71. The van der Waals surface area contributed by atoms with Crippen LogP contribution in [0.15, 0.2) is 36.5 Å². The van der Waals surface area contributed by atoms with Crippen LogP contribution in [0, 0.1) is 5.82 Å². The second kappa shape index (κ2) is 4.88. The van der Waals surface area contributed by atoms with Crippen molar-refractivity contribution in [2.24, 2.45) is 0 Å². The largest absolute Gasteiger partial charge is 0.321 e. The number of nitrogens with zero attached hydrogens (tertiary/aromatic N) is 2. The maximum atomic E-state index is 12.9. The summed E-state index contributed by atoms with van der Waals surface area (Å²) in [5.41, 5.74) is 0.569. The Kier molecular flexibility index (Phi) is 3.30. The van der Waals surface area contributed by atoms with Crippen molar-refractivity contribution in [1.82, 2.24) is 10.2 Å². The molecular weight excluding hydrogens is 245 g/mol. The van der Waals surface area contributed by atoms with Crippen molar-refractivity contribution in [3.05, 3.63) is 53.1 Å². The van der Waals surface area contributed by atoms with Crippen LogP contribution in [0.5, 0.6) is 0 Å². The van der Waals surface area contributed by atoms with Gasteiger partial charge in [0.05, 0.1) is 5.02 Å². The van der Waals surface area contributed by atoms with Crippen molar-refractivity contribution in [2.45, 2.75) is 0 Å². The van der Waals surface area contributed by atoms with E-state index in [0.29, 0.717) is 5.69 Å². The van der Waals surface area contributed by atoms with E-state index in [9.17, 15) is 9.18 Å². The van der Waals surface area contributed by atoms with E-state index in [1.165, 1.54) is 30.5 Å². The predicted molar refractivity (Wildman–Crippen MR) is 61.4 cm³/mol. The van der Waals surface area contributed by atoms with Crippen molar-refractivity contribution in [1.29, 1.82) is 0 Å². The van der Waals surface area contributed by atoms with Crippen molar-refractivity contribution < 1.29 is 9.18 Å². The lowest BCUT2D eigenvalue weighted by molar-refractivity contribution is 0.102. The molecule has 0 saturated carbocycles. The number of rotatable bonds is 2. The highest BCUT2D eigenvalue weighted by Crippen LogP contribution is 2.19. The fourth-order valence-corrected chi connectivity index (χ4v) is 1.37. The molecule has 6 heteroatoms. The van der Waals surface area contributed by atoms with E-state index in [-0.39, 0.29) is 10.7 Å². The molecule has 0 atom stereocenters. The first-order valence-electron chi connectivity index (χ1n) is 4.71. The van der Waals surface area contributed by atoms with Gasteiger partial charge in [-0.15, -0.1) is 5.10 Å². The molecule has 0 spiro atoms. The van der Waals surface area contributed by atoms with Crippen LogP contribution in [0.4, 0.5) is 10.1 Å². The van der Waals surface area contributed by atoms with Crippen LogP contribution in [0.25, 0.3) is 0 Å². The molecule has 17 heavy (non-hydrogen) atoms. The minimum atomic E-state index is -0.538. The fraction of sp³-hybridized carbons (Fsp3) is 0. The average molecular weight is 252 g/mol. The molecule has 0 aliphatic heterocycles. The van der Waals surface area contributed by atoms with Gasteiger partial charge in [-0.05, 0) is 30.3 Å². The number of hydrogen-bond acceptors (Lipinski definition) is 3. The van der Waals surface area contributed by atoms with Crippen molar-refractivity contribution >= 4 is 23.2 Å². The minimum absolute atomic E-state index is 0.0538. The smallest absolute Gasteiger partial charge is 0.276 e. The molecule has 0 saturated heterocycles. The Hall–Kier alpha value is -2.01. The molecule has 1 amide bonds. The third kappa shape index (κ3) is 2.76. The van der Waals surface area contributed by atoms with Crippen LogP contribution in [-0.4, -0.2) is 16.1 Å². The molecule has 0 bridgehead atoms. The lowest BCUT2D eigenvalue weighted by Gasteiger charge is -2.04. The Morgan fingerprint density at radius 2 is 2.18 bits per heavy atom. The number of hydrogen-bond donors (Lipinski definition) is 1. The van der Waals surface area contributed by atoms with Crippen molar-refractivity contribution in [3.8, 4) is 0 Å². The number of anilines is 1. The molecule has 0 fully saturated rings. The molecule has 0 unspecified atom stereocenters. The highest BCUT2D eigenvalue weighted by molar-refractivity contribution is 6.31. The van der Waals surface area contributed by atoms with Gasteiger partial charge in [0.25, 0.3) is 5.91 Å². The van der Waals surface area contributed by atoms with Gasteiger partial charge in [-0.25, -0.2) is 4.39 Å². The lowest BCUT2D eigenvalue weighted by atomic mass is 10.3. The lowest BCUT2D eigenvalue weighted by Crippen LogP contribution is -2.14. The maximum Gasteiger partial charge on any atom is 0.276 e. The highest BCUT2D eigenvalue weighted by atomic mass is 35.5. The zero-order chi connectivity index (χ0) is 12.3. The van der Waals surface area contributed by atoms with E-state index in [4.69, 9.17) is 11.6 Å². The SMILES string of the molecule is O=C(Nc1ccc(F)c(Cl)c1)c1cccnn1. The predicted octanol–water partition coefficient (Wildman–Crippen LogP) is 2.52. The number of amides is 1. The minimum Gasteiger partial charge on any atom is -0.321 e. The molecule has 2 rings (SSSR count). The number of nitrogens with one attached hydrogen (secondary N) is 1. The molecule has 1 aromatic heterocycles. The van der Waals surface area contributed by atoms with Gasteiger partial charge in [0.15, 0.2) is 5.69 Å². The van der Waals surface area contributed by atoms with Gasteiger partial charge < -0.3 is 5.32 Å². The number of halogens is 2. The first-order valence-corrected chi connectivity index (χ1v) is 5.09. The van der Waals surface area contributed by atoms with E-state index in [1.807, 2.05) is 0 Å². The second-order valence-electron chi connectivity index (χ2n) is 3.19. The summed E-state index contributed by atoms with van der Waals surface area (Å²) in [7, 11) is 0. The third-order valence-electron chi connectivity index (χ3n) is 1.98. The van der Waals surface area contributed by atoms with Crippen LogP contribution in [-0.2, 0) is 0 Å². The number of carbonyl (C=O) groups excluding carboxylic acids is 1. The number of benzene rings is 1. The zero-order valence-electron chi connectivity index (χ0n) is 8.52. The van der Waals surface area contributed by atoms with Gasteiger partial charge in [-0.2, -0.15) is 5.10 Å². The topological polar surface area (TPSA) is 54.9 Å². The Morgan fingerprint density at radius 1 is 1.35 bits per heavy atom. The Morgan fingerprint density at radius 3 is 2.82 bits per heavy atom. The first-order chi connectivity index (χ1) is 8.16. The van der Waals surface area contributed by atoms with Gasteiger partial charge in [-0.1, -0.05) is 11.6 Å². The van der Waals surface area contributed by atoms with Gasteiger partial charge in [-0.3, -0.25) is 4.79 Å². The Labute approximate surface area is 101 Å². The molecule has 1 heterocycles. The molecule has 1 N–H and O–H groups in total. The molecule has 0 aliphatic carbocycles. The second-order valence-corrected chi connectivity index (χ2v) is 3.60. The van der Waals surface area contributed by atoms with E-state index < -0.39 is 11.7 Å². The van der Waals surface area contributed by atoms with Crippen LogP contribution < -0.4 is 5.32 Å². The Balaban J connectivity index is 2.16. The summed E-state index contributed by atoms with van der Waals surface area (Å²) in [6, 6.07) is 7.03. The van der Waals surface area contributed by atoms with Gasteiger partial charge in [0.1, 0.15) is 5.82 Å². The monoisotopic (exact) mass is 251 g/mol. The van der Waals surface area contributed by atoms with Crippen LogP contribution in [0.1, 0.15) is 10.5 Å².